The lowest BCUT2D eigenvalue weighted by molar-refractivity contribution is 0.0951. The number of halogens is 1. The van der Waals surface area contributed by atoms with Gasteiger partial charge in [-0.3, -0.25) is 4.79 Å². The minimum absolute atomic E-state index is 0.374. The van der Waals surface area contributed by atoms with Crippen LogP contribution in [-0.2, 0) is 0 Å². The van der Waals surface area contributed by atoms with Gasteiger partial charge in [-0.2, -0.15) is 0 Å². The summed E-state index contributed by atoms with van der Waals surface area (Å²) in [7, 11) is 0. The number of ketones is 1. The Morgan fingerprint density at radius 1 is 1.13 bits per heavy atom. The van der Waals surface area contributed by atoms with Gasteiger partial charge in [0.2, 0.25) is 0 Å². The predicted octanol–water partition coefficient (Wildman–Crippen LogP) is 3.52. The monoisotopic (exact) mass is 312 g/mol. The maximum Gasteiger partial charge on any atom is 0.166 e. The fourth-order valence-electron chi connectivity index (χ4n) is 3.02. The molecule has 0 N–H and O–H groups in total. The lowest BCUT2D eigenvalue weighted by Gasteiger charge is -2.02. The van der Waals surface area contributed by atoms with Crippen LogP contribution in [0.15, 0.2) is 24.3 Å². The smallest absolute Gasteiger partial charge is 0.166 e. The zero-order valence-electron chi connectivity index (χ0n) is 8.45. The Morgan fingerprint density at radius 2 is 1.73 bits per heavy atom. The SMILES string of the molecule is O=C(c1ccc(I)cc1)C1C2CCCC21. The van der Waals surface area contributed by atoms with E-state index in [1.54, 1.807) is 0 Å². The van der Waals surface area contributed by atoms with E-state index in [2.05, 4.69) is 22.6 Å². The molecule has 3 rings (SSSR count). The van der Waals surface area contributed by atoms with Crippen molar-refractivity contribution >= 4 is 28.4 Å². The summed E-state index contributed by atoms with van der Waals surface area (Å²) in [6.45, 7) is 0. The lowest BCUT2D eigenvalue weighted by atomic mass is 10.0. The van der Waals surface area contributed by atoms with E-state index in [4.69, 9.17) is 0 Å². The number of fused-ring (bicyclic) bond motifs is 1. The van der Waals surface area contributed by atoms with E-state index in [0.717, 1.165) is 17.4 Å². The van der Waals surface area contributed by atoms with Crippen molar-refractivity contribution in [1.29, 1.82) is 0 Å². The molecule has 2 heteroatoms. The van der Waals surface area contributed by atoms with Gasteiger partial charge < -0.3 is 0 Å². The predicted molar refractivity (Wildman–Crippen MR) is 67.8 cm³/mol. The molecule has 78 valence electrons. The first-order valence-electron chi connectivity index (χ1n) is 5.57. The van der Waals surface area contributed by atoms with Gasteiger partial charge in [-0.15, -0.1) is 0 Å². The molecular formula is C13H13IO. The fourth-order valence-corrected chi connectivity index (χ4v) is 3.38. The van der Waals surface area contributed by atoms with E-state index in [1.807, 2.05) is 24.3 Å². The second-order valence-corrected chi connectivity index (χ2v) is 5.90. The Morgan fingerprint density at radius 3 is 2.33 bits per heavy atom. The van der Waals surface area contributed by atoms with Gasteiger partial charge in [0.25, 0.3) is 0 Å². The Hall–Kier alpha value is -0.380. The summed E-state index contributed by atoms with van der Waals surface area (Å²) >= 11 is 2.27. The van der Waals surface area contributed by atoms with Crippen LogP contribution in [0.25, 0.3) is 0 Å². The maximum atomic E-state index is 12.1. The van der Waals surface area contributed by atoms with Gasteiger partial charge in [0.05, 0.1) is 0 Å². The van der Waals surface area contributed by atoms with Gasteiger partial charge >= 0.3 is 0 Å². The highest BCUT2D eigenvalue weighted by molar-refractivity contribution is 14.1. The highest BCUT2D eigenvalue weighted by Gasteiger charge is 2.56. The molecule has 0 radical (unpaired) electrons. The molecule has 0 bridgehead atoms. The van der Waals surface area contributed by atoms with E-state index < -0.39 is 0 Å². The van der Waals surface area contributed by atoms with E-state index in [9.17, 15) is 4.79 Å². The maximum absolute atomic E-state index is 12.1. The third-order valence-electron chi connectivity index (χ3n) is 3.84. The van der Waals surface area contributed by atoms with Gasteiger partial charge in [0, 0.05) is 15.1 Å². The number of carbonyl (C=O) groups excluding carboxylic acids is 1. The molecular weight excluding hydrogens is 299 g/mol. The number of hydrogen-bond acceptors (Lipinski definition) is 1. The summed E-state index contributed by atoms with van der Waals surface area (Å²) in [6, 6.07) is 7.98. The van der Waals surface area contributed by atoms with E-state index in [1.165, 1.54) is 22.8 Å². The standard InChI is InChI=1S/C13H13IO/c14-9-6-4-8(5-7-9)13(15)12-10-2-1-3-11(10)12/h4-7,10-12H,1-3H2. The zero-order chi connectivity index (χ0) is 10.4. The average molecular weight is 312 g/mol. The Labute approximate surface area is 103 Å². The largest absolute Gasteiger partial charge is 0.294 e. The fraction of sp³-hybridized carbons (Fsp3) is 0.462. The summed E-state index contributed by atoms with van der Waals surface area (Å²) < 4.78 is 1.19. The molecule has 0 aromatic heterocycles. The van der Waals surface area contributed by atoms with E-state index in [-0.39, 0.29) is 0 Å². The quantitative estimate of drug-likeness (QED) is 0.603. The molecule has 1 aromatic carbocycles. The molecule has 0 spiro atoms. The lowest BCUT2D eigenvalue weighted by Crippen LogP contribution is -2.05. The highest BCUT2D eigenvalue weighted by Crippen LogP contribution is 2.58. The third kappa shape index (κ3) is 1.63. The Kier molecular flexibility index (Phi) is 2.34. The van der Waals surface area contributed by atoms with Crippen LogP contribution in [0.3, 0.4) is 0 Å². The molecule has 15 heavy (non-hydrogen) atoms. The number of rotatable bonds is 2. The van der Waals surface area contributed by atoms with Crippen molar-refractivity contribution in [3.05, 3.63) is 33.4 Å². The molecule has 0 amide bonds. The van der Waals surface area contributed by atoms with E-state index in [0.29, 0.717) is 11.7 Å². The van der Waals surface area contributed by atoms with Gasteiger partial charge in [-0.25, -0.2) is 0 Å². The van der Waals surface area contributed by atoms with Gasteiger partial charge in [0.1, 0.15) is 0 Å². The molecule has 1 aromatic rings. The van der Waals surface area contributed by atoms with Crippen LogP contribution in [0, 0.1) is 21.3 Å². The molecule has 2 aliphatic rings. The molecule has 0 heterocycles. The first-order valence-corrected chi connectivity index (χ1v) is 6.65. The van der Waals surface area contributed by atoms with Crippen LogP contribution in [0.4, 0.5) is 0 Å². The van der Waals surface area contributed by atoms with Crippen molar-refractivity contribution in [3.8, 4) is 0 Å². The summed E-state index contributed by atoms with van der Waals surface area (Å²) in [5, 5.41) is 0. The minimum atomic E-state index is 0.374. The average Bonchev–Trinajstić information content (AvgIpc) is 2.72. The van der Waals surface area contributed by atoms with E-state index >= 15 is 0 Å². The number of carbonyl (C=O) groups is 1. The van der Waals surface area contributed by atoms with Crippen molar-refractivity contribution in [2.45, 2.75) is 19.3 Å². The number of hydrogen-bond donors (Lipinski definition) is 0. The van der Waals surface area contributed by atoms with Crippen LogP contribution in [0.5, 0.6) is 0 Å². The van der Waals surface area contributed by atoms with Crippen molar-refractivity contribution in [3.63, 3.8) is 0 Å². The first-order chi connectivity index (χ1) is 7.27. The Bertz CT molecular complexity index is 386. The molecule has 0 aliphatic heterocycles. The second kappa shape index (κ2) is 3.58. The number of benzene rings is 1. The number of Topliss-reactive ketones (excluding diaryl/α,β-unsaturated/α-hetero) is 1. The summed E-state index contributed by atoms with van der Waals surface area (Å²) in [6.07, 6.45) is 3.91. The molecule has 2 aliphatic carbocycles. The van der Waals surface area contributed by atoms with Gasteiger partial charge in [-0.05, 0) is 59.4 Å². The van der Waals surface area contributed by atoms with Gasteiger partial charge in [0.15, 0.2) is 5.78 Å². The third-order valence-corrected chi connectivity index (χ3v) is 4.56. The second-order valence-electron chi connectivity index (χ2n) is 4.66. The molecule has 2 fully saturated rings. The van der Waals surface area contributed by atoms with Crippen molar-refractivity contribution in [2.75, 3.05) is 0 Å². The van der Waals surface area contributed by atoms with Crippen LogP contribution in [0.2, 0.25) is 0 Å². The van der Waals surface area contributed by atoms with Crippen molar-refractivity contribution in [2.24, 2.45) is 17.8 Å². The molecule has 1 nitrogen and oxygen atoms in total. The molecule has 2 saturated carbocycles. The molecule has 0 saturated heterocycles. The highest BCUT2D eigenvalue weighted by atomic mass is 127. The van der Waals surface area contributed by atoms with Crippen LogP contribution < -0.4 is 0 Å². The summed E-state index contributed by atoms with van der Waals surface area (Å²) in [4.78, 5) is 12.1. The molecule has 2 unspecified atom stereocenters. The Balaban J connectivity index is 1.78. The summed E-state index contributed by atoms with van der Waals surface area (Å²) in [5.74, 6) is 2.23. The van der Waals surface area contributed by atoms with Crippen molar-refractivity contribution in [1.82, 2.24) is 0 Å². The van der Waals surface area contributed by atoms with Crippen LogP contribution >= 0.6 is 22.6 Å². The zero-order valence-corrected chi connectivity index (χ0v) is 10.6. The van der Waals surface area contributed by atoms with Crippen LogP contribution in [0.1, 0.15) is 29.6 Å². The topological polar surface area (TPSA) is 17.1 Å². The minimum Gasteiger partial charge on any atom is -0.294 e. The normalized spacial score (nSPS) is 32.5. The van der Waals surface area contributed by atoms with Crippen LogP contribution in [-0.4, -0.2) is 5.78 Å². The molecule has 2 atom stereocenters. The van der Waals surface area contributed by atoms with Gasteiger partial charge in [-0.1, -0.05) is 18.6 Å². The first kappa shape index (κ1) is 9.82. The van der Waals surface area contributed by atoms with Crippen molar-refractivity contribution < 1.29 is 4.79 Å². The summed E-state index contributed by atoms with van der Waals surface area (Å²) in [5.41, 5.74) is 0.912.